The Hall–Kier alpha value is -2.50. The van der Waals surface area contributed by atoms with Crippen LogP contribution in [0.2, 0.25) is 5.02 Å². The molecule has 0 radical (unpaired) electrons. The van der Waals surface area contributed by atoms with Crippen molar-refractivity contribution in [2.45, 2.75) is 0 Å². The van der Waals surface area contributed by atoms with Gasteiger partial charge in [0.2, 0.25) is 4.96 Å². The molecule has 23 heavy (non-hydrogen) atoms. The van der Waals surface area contributed by atoms with E-state index in [1.165, 1.54) is 11.3 Å². The molecule has 0 atom stereocenters. The third-order valence-corrected chi connectivity index (χ3v) is 4.41. The maximum atomic E-state index is 6.05. The smallest absolute Gasteiger partial charge is 0.182 e. The van der Waals surface area contributed by atoms with Crippen LogP contribution in [0.3, 0.4) is 0 Å². The minimum atomic E-state index is 0.665. The summed E-state index contributed by atoms with van der Waals surface area (Å²) in [4.78, 5) is 0.757. The Kier molecular flexibility index (Phi) is 3.65. The molecule has 2 heterocycles. The van der Waals surface area contributed by atoms with Crippen LogP contribution < -0.4 is 0 Å². The molecule has 2 aromatic carbocycles. The van der Waals surface area contributed by atoms with Gasteiger partial charge in [-0.3, -0.25) is 0 Å². The lowest BCUT2D eigenvalue weighted by atomic mass is 10.2. The lowest BCUT2D eigenvalue weighted by Gasteiger charge is -1.97. The number of hydrogen-bond acceptors (Lipinski definition) is 4. The van der Waals surface area contributed by atoms with Crippen LogP contribution in [0.15, 0.2) is 54.6 Å². The topological polar surface area (TPSA) is 43.1 Å². The summed E-state index contributed by atoms with van der Waals surface area (Å²) in [5.41, 5.74) is 2.03. The number of nitrogens with zero attached hydrogens (tertiary/aromatic N) is 4. The first-order chi connectivity index (χ1) is 11.3. The van der Waals surface area contributed by atoms with Gasteiger partial charge in [0.05, 0.1) is 0 Å². The van der Waals surface area contributed by atoms with Gasteiger partial charge in [-0.25, -0.2) is 0 Å². The third kappa shape index (κ3) is 2.88. The van der Waals surface area contributed by atoms with E-state index >= 15 is 0 Å². The van der Waals surface area contributed by atoms with Crippen LogP contribution in [0.5, 0.6) is 0 Å². The van der Waals surface area contributed by atoms with E-state index in [0.717, 1.165) is 21.1 Å². The molecule has 0 N–H and O–H groups in total. The summed E-state index contributed by atoms with van der Waals surface area (Å²) in [6, 6.07) is 17.6. The second-order valence-corrected chi connectivity index (χ2v) is 6.34. The molecule has 4 nitrogen and oxygen atoms in total. The Balaban J connectivity index is 1.71. The van der Waals surface area contributed by atoms with Crippen LogP contribution in [-0.4, -0.2) is 19.8 Å². The Morgan fingerprint density at radius 1 is 0.957 bits per heavy atom. The molecule has 0 unspecified atom stereocenters. The number of hydrogen-bond donors (Lipinski definition) is 0. The summed E-state index contributed by atoms with van der Waals surface area (Å²) in [6.45, 7) is 0. The number of rotatable bonds is 3. The maximum Gasteiger partial charge on any atom is 0.235 e. The number of benzene rings is 2. The van der Waals surface area contributed by atoms with Crippen molar-refractivity contribution in [1.82, 2.24) is 19.8 Å². The van der Waals surface area contributed by atoms with Gasteiger partial charge in [0.1, 0.15) is 5.01 Å². The summed E-state index contributed by atoms with van der Waals surface area (Å²) in [6.07, 6.45) is 4.02. The monoisotopic (exact) mass is 338 g/mol. The minimum Gasteiger partial charge on any atom is -0.182 e. The van der Waals surface area contributed by atoms with Gasteiger partial charge >= 0.3 is 0 Å². The average molecular weight is 339 g/mol. The quantitative estimate of drug-likeness (QED) is 0.545. The zero-order valence-electron chi connectivity index (χ0n) is 11.9. The van der Waals surface area contributed by atoms with Crippen LogP contribution in [0.1, 0.15) is 10.6 Å². The summed E-state index contributed by atoms with van der Waals surface area (Å²) < 4.78 is 1.75. The fraction of sp³-hybridized carbons (Fsp3) is 0. The van der Waals surface area contributed by atoms with Gasteiger partial charge in [-0.15, -0.1) is 10.2 Å². The highest BCUT2D eigenvalue weighted by Gasteiger charge is 2.12. The van der Waals surface area contributed by atoms with E-state index in [4.69, 9.17) is 11.6 Å². The largest absolute Gasteiger partial charge is 0.235 e. The first-order valence-corrected chi connectivity index (χ1v) is 8.20. The van der Waals surface area contributed by atoms with Gasteiger partial charge in [-0.05, 0) is 23.8 Å². The zero-order valence-corrected chi connectivity index (χ0v) is 13.5. The van der Waals surface area contributed by atoms with Crippen LogP contribution in [-0.2, 0) is 0 Å². The Bertz CT molecular complexity index is 988. The van der Waals surface area contributed by atoms with E-state index in [2.05, 4.69) is 15.3 Å². The van der Waals surface area contributed by atoms with Crippen molar-refractivity contribution in [3.05, 3.63) is 70.2 Å². The van der Waals surface area contributed by atoms with Crippen molar-refractivity contribution in [1.29, 1.82) is 0 Å². The predicted octanol–water partition coefficient (Wildman–Crippen LogP) is 4.68. The van der Waals surface area contributed by atoms with Crippen LogP contribution >= 0.6 is 22.9 Å². The van der Waals surface area contributed by atoms with Crippen molar-refractivity contribution in [2.24, 2.45) is 0 Å². The van der Waals surface area contributed by atoms with E-state index in [-0.39, 0.29) is 0 Å². The summed E-state index contributed by atoms with van der Waals surface area (Å²) in [5.74, 6) is 0.693. The number of fused-ring (bicyclic) bond motifs is 1. The molecule has 0 saturated heterocycles. The van der Waals surface area contributed by atoms with E-state index in [1.54, 1.807) is 4.52 Å². The van der Waals surface area contributed by atoms with Crippen molar-refractivity contribution >= 4 is 40.1 Å². The number of aromatic nitrogens is 4. The Morgan fingerprint density at radius 3 is 2.65 bits per heavy atom. The molecule has 0 fully saturated rings. The molecule has 112 valence electrons. The molecule has 4 rings (SSSR count). The summed E-state index contributed by atoms with van der Waals surface area (Å²) in [7, 11) is 0. The molecule has 0 spiro atoms. The molecule has 6 heteroatoms. The third-order valence-electron chi connectivity index (χ3n) is 3.31. The first kappa shape index (κ1) is 14.1. The first-order valence-electron chi connectivity index (χ1n) is 7.01. The second-order valence-electron chi connectivity index (χ2n) is 4.91. The molecule has 0 aliphatic rings. The summed E-state index contributed by atoms with van der Waals surface area (Å²) >= 11 is 7.54. The number of halogens is 1. The maximum absolute atomic E-state index is 6.05. The van der Waals surface area contributed by atoms with E-state index < -0.39 is 0 Å². The van der Waals surface area contributed by atoms with Crippen molar-refractivity contribution < 1.29 is 0 Å². The highest BCUT2D eigenvalue weighted by atomic mass is 35.5. The van der Waals surface area contributed by atoms with Crippen molar-refractivity contribution in [3.63, 3.8) is 0 Å². The van der Waals surface area contributed by atoms with Crippen LogP contribution in [0, 0.1) is 0 Å². The lowest BCUT2D eigenvalue weighted by molar-refractivity contribution is 0.960. The highest BCUT2D eigenvalue weighted by molar-refractivity contribution is 7.17. The van der Waals surface area contributed by atoms with Gasteiger partial charge in [0.15, 0.2) is 5.82 Å². The van der Waals surface area contributed by atoms with Gasteiger partial charge < -0.3 is 0 Å². The molecule has 4 aromatic rings. The fourth-order valence-electron chi connectivity index (χ4n) is 2.24. The van der Waals surface area contributed by atoms with Crippen LogP contribution in [0.4, 0.5) is 0 Å². The van der Waals surface area contributed by atoms with Gasteiger partial charge in [-0.1, -0.05) is 71.5 Å². The van der Waals surface area contributed by atoms with Gasteiger partial charge in [0.25, 0.3) is 0 Å². The molecule has 2 aromatic heterocycles. The molecule has 0 bridgehead atoms. The average Bonchev–Trinajstić information content (AvgIpc) is 3.14. The molecular weight excluding hydrogens is 328 g/mol. The fourth-order valence-corrected chi connectivity index (χ4v) is 3.17. The molecular formula is C17H11ClN4S. The van der Waals surface area contributed by atoms with E-state index in [0.29, 0.717) is 10.8 Å². The minimum absolute atomic E-state index is 0.665. The molecule has 0 saturated carbocycles. The second kappa shape index (κ2) is 5.95. The van der Waals surface area contributed by atoms with Crippen molar-refractivity contribution in [3.8, 4) is 11.4 Å². The Morgan fingerprint density at radius 2 is 1.83 bits per heavy atom. The Labute approximate surface area is 141 Å². The van der Waals surface area contributed by atoms with Gasteiger partial charge in [0, 0.05) is 10.6 Å². The van der Waals surface area contributed by atoms with E-state index in [9.17, 15) is 0 Å². The molecule has 0 amide bonds. The highest BCUT2D eigenvalue weighted by Crippen LogP contribution is 2.24. The van der Waals surface area contributed by atoms with Crippen LogP contribution in [0.25, 0.3) is 28.5 Å². The normalized spacial score (nSPS) is 11.5. The zero-order chi connectivity index (χ0) is 15.6. The molecule has 0 aliphatic carbocycles. The predicted molar refractivity (Wildman–Crippen MR) is 94.5 cm³/mol. The van der Waals surface area contributed by atoms with Gasteiger partial charge in [-0.2, -0.15) is 9.61 Å². The van der Waals surface area contributed by atoms with Crippen molar-refractivity contribution in [2.75, 3.05) is 0 Å². The van der Waals surface area contributed by atoms with E-state index in [1.807, 2.05) is 66.7 Å². The SMILES string of the molecule is Clc1cccc(-c2nnc3sc(/C=C\c4ccccc4)nn23)c1. The molecule has 0 aliphatic heterocycles. The lowest BCUT2D eigenvalue weighted by Crippen LogP contribution is -1.90. The standard InChI is InChI=1S/C17H11ClN4S/c18-14-8-4-7-13(11-14)16-19-20-17-22(16)21-15(23-17)10-9-12-5-2-1-3-6-12/h1-11H/b10-9-. The summed E-state index contributed by atoms with van der Waals surface area (Å²) in [5, 5.41) is 14.5.